The number of benzene rings is 4. The Morgan fingerprint density at radius 3 is 2.24 bits per heavy atom. The van der Waals surface area contributed by atoms with Gasteiger partial charge in [-0.15, -0.1) is 0 Å². The molecule has 0 spiro atoms. The minimum absolute atomic E-state index is 0.0569. The van der Waals surface area contributed by atoms with E-state index in [1.165, 1.54) is 29.2 Å². The van der Waals surface area contributed by atoms with E-state index >= 15 is 0 Å². The maximum absolute atomic E-state index is 13.6. The first-order valence-electron chi connectivity index (χ1n) is 12.1. The molecule has 0 heterocycles. The van der Waals surface area contributed by atoms with Crippen molar-refractivity contribution < 1.29 is 22.4 Å². The maximum Gasteiger partial charge on any atom is 0.264 e. The predicted molar refractivity (Wildman–Crippen MR) is 147 cm³/mol. The Hall–Kier alpha value is -4.30. The zero-order valence-electron chi connectivity index (χ0n) is 20.8. The molecule has 38 heavy (non-hydrogen) atoms. The largest absolute Gasteiger partial charge is 0.312 e. The van der Waals surface area contributed by atoms with Gasteiger partial charge in [0.05, 0.1) is 4.90 Å². The van der Waals surface area contributed by atoms with Crippen molar-refractivity contribution in [2.45, 2.75) is 18.2 Å². The zero-order chi connectivity index (χ0) is 27.1. The Balaban J connectivity index is 1.61. The molecule has 1 atom stereocenters. The third-order valence-corrected chi connectivity index (χ3v) is 7.43. The Morgan fingerprint density at radius 2 is 1.55 bits per heavy atom. The van der Waals surface area contributed by atoms with E-state index in [0.29, 0.717) is 16.6 Å². The van der Waals surface area contributed by atoms with Crippen LogP contribution in [0.25, 0.3) is 16.8 Å². The van der Waals surface area contributed by atoms with E-state index in [1.807, 2.05) is 18.2 Å². The molecule has 1 unspecified atom stereocenters. The number of carbonyl (C=O) groups is 2. The predicted octanol–water partition coefficient (Wildman–Crippen LogP) is 5.56. The molecule has 0 aliphatic heterocycles. The molecule has 0 radical (unpaired) electrons. The highest BCUT2D eigenvalue weighted by Crippen LogP contribution is 2.22. The standard InChI is InChI=1S/C30H27FN2O4S/c1-2-33(26-12-4-3-5-13-26)30(35)28(14-8-9-22-15-18-25(31)19-16-22)29(34)32-38(36,37)27-20-17-23-10-6-7-11-24(23)21-27/h3-13,15-21,28H,2,14H2,1H3,(H,32,34). The van der Waals surface area contributed by atoms with Crippen LogP contribution >= 0.6 is 0 Å². The van der Waals surface area contributed by atoms with Gasteiger partial charge in [0.1, 0.15) is 11.7 Å². The van der Waals surface area contributed by atoms with Gasteiger partial charge in [0.15, 0.2) is 0 Å². The van der Waals surface area contributed by atoms with Crippen molar-refractivity contribution in [1.82, 2.24) is 4.72 Å². The van der Waals surface area contributed by atoms with Crippen LogP contribution in [-0.2, 0) is 19.6 Å². The van der Waals surface area contributed by atoms with Crippen molar-refractivity contribution in [1.29, 1.82) is 0 Å². The lowest BCUT2D eigenvalue weighted by molar-refractivity contribution is -0.132. The number of rotatable bonds is 9. The van der Waals surface area contributed by atoms with Crippen molar-refractivity contribution in [2.75, 3.05) is 11.4 Å². The first-order chi connectivity index (χ1) is 18.3. The number of sulfonamides is 1. The fourth-order valence-corrected chi connectivity index (χ4v) is 5.15. The SMILES string of the molecule is CCN(C(=O)C(CC=Cc1ccc(F)cc1)C(=O)NS(=O)(=O)c1ccc2ccccc2c1)c1ccccc1. The van der Waals surface area contributed by atoms with Crippen LogP contribution in [0.2, 0.25) is 0 Å². The normalized spacial score (nSPS) is 12.4. The molecule has 0 aliphatic rings. The highest BCUT2D eigenvalue weighted by atomic mass is 32.2. The van der Waals surface area contributed by atoms with E-state index in [4.69, 9.17) is 0 Å². The van der Waals surface area contributed by atoms with Crippen LogP contribution in [0, 0.1) is 11.7 Å². The third-order valence-electron chi connectivity index (χ3n) is 6.08. The molecular weight excluding hydrogens is 503 g/mol. The first kappa shape index (κ1) is 26.8. The van der Waals surface area contributed by atoms with Crippen LogP contribution in [0.4, 0.5) is 10.1 Å². The number of hydrogen-bond acceptors (Lipinski definition) is 4. The summed E-state index contributed by atoms with van der Waals surface area (Å²) >= 11 is 0. The summed E-state index contributed by atoms with van der Waals surface area (Å²) in [6.07, 6.45) is 3.21. The minimum atomic E-state index is -4.24. The number of anilines is 1. The molecule has 0 aromatic heterocycles. The van der Waals surface area contributed by atoms with E-state index in [1.54, 1.807) is 73.7 Å². The molecule has 0 fully saturated rings. The number of nitrogens with one attached hydrogen (secondary N) is 1. The van der Waals surface area contributed by atoms with Gasteiger partial charge in [0.2, 0.25) is 11.8 Å². The van der Waals surface area contributed by atoms with Gasteiger partial charge < -0.3 is 4.90 Å². The second kappa shape index (κ2) is 11.8. The number of allylic oxidation sites excluding steroid dienone is 1. The summed E-state index contributed by atoms with van der Waals surface area (Å²) in [7, 11) is -4.24. The average Bonchev–Trinajstić information content (AvgIpc) is 2.92. The molecule has 0 aliphatic carbocycles. The molecule has 0 bridgehead atoms. The molecule has 8 heteroatoms. The van der Waals surface area contributed by atoms with Crippen LogP contribution in [-0.4, -0.2) is 26.8 Å². The van der Waals surface area contributed by atoms with Crippen molar-refractivity contribution >= 4 is 44.4 Å². The van der Waals surface area contributed by atoms with Crippen LogP contribution < -0.4 is 9.62 Å². The van der Waals surface area contributed by atoms with E-state index in [9.17, 15) is 22.4 Å². The van der Waals surface area contributed by atoms with Crippen molar-refractivity contribution in [3.63, 3.8) is 0 Å². The monoisotopic (exact) mass is 530 g/mol. The Labute approximate surface area is 221 Å². The Kier molecular flexibility index (Phi) is 8.33. The molecule has 1 N–H and O–H groups in total. The number of halogens is 1. The molecule has 0 saturated heterocycles. The lowest BCUT2D eigenvalue weighted by atomic mass is 10.0. The summed E-state index contributed by atoms with van der Waals surface area (Å²) < 4.78 is 41.6. The fraction of sp³-hybridized carbons (Fsp3) is 0.133. The highest BCUT2D eigenvalue weighted by molar-refractivity contribution is 7.90. The van der Waals surface area contributed by atoms with Crippen molar-refractivity contribution in [2.24, 2.45) is 5.92 Å². The molecule has 6 nitrogen and oxygen atoms in total. The lowest BCUT2D eigenvalue weighted by Crippen LogP contribution is -2.45. The molecule has 2 amide bonds. The van der Waals surface area contributed by atoms with Crippen molar-refractivity contribution in [3.05, 3.63) is 115 Å². The van der Waals surface area contributed by atoms with Crippen LogP contribution in [0.15, 0.2) is 108 Å². The van der Waals surface area contributed by atoms with Crippen LogP contribution in [0.1, 0.15) is 18.9 Å². The first-order valence-corrected chi connectivity index (χ1v) is 13.6. The molecular formula is C30H27FN2O4S. The van der Waals surface area contributed by atoms with Gasteiger partial charge in [-0.25, -0.2) is 17.5 Å². The summed E-state index contributed by atoms with van der Waals surface area (Å²) in [4.78, 5) is 28.3. The number of para-hydroxylation sites is 1. The summed E-state index contributed by atoms with van der Waals surface area (Å²) in [5.74, 6) is -3.16. The smallest absolute Gasteiger partial charge is 0.264 e. The molecule has 4 rings (SSSR count). The van der Waals surface area contributed by atoms with E-state index in [0.717, 1.165) is 5.39 Å². The summed E-state index contributed by atoms with van der Waals surface area (Å²) in [6.45, 7) is 2.06. The number of carbonyl (C=O) groups excluding carboxylic acids is 2. The lowest BCUT2D eigenvalue weighted by Gasteiger charge is -2.25. The van der Waals surface area contributed by atoms with Gasteiger partial charge in [0, 0.05) is 12.2 Å². The Morgan fingerprint density at radius 1 is 0.895 bits per heavy atom. The third kappa shape index (κ3) is 6.33. The van der Waals surface area contributed by atoms with Crippen molar-refractivity contribution in [3.8, 4) is 0 Å². The quantitative estimate of drug-likeness (QED) is 0.287. The number of amides is 2. The van der Waals surface area contributed by atoms with Gasteiger partial charge in [-0.2, -0.15) is 0 Å². The number of nitrogens with zero attached hydrogens (tertiary/aromatic N) is 1. The molecule has 4 aromatic carbocycles. The van der Waals surface area contributed by atoms with Gasteiger partial charge >= 0.3 is 0 Å². The number of fused-ring (bicyclic) bond motifs is 1. The summed E-state index contributed by atoms with van der Waals surface area (Å²) in [5, 5.41) is 1.57. The zero-order valence-corrected chi connectivity index (χ0v) is 21.6. The minimum Gasteiger partial charge on any atom is -0.312 e. The molecule has 194 valence electrons. The average molecular weight is 531 g/mol. The second-order valence-electron chi connectivity index (χ2n) is 8.64. The van der Waals surface area contributed by atoms with Crippen LogP contribution in [0.3, 0.4) is 0 Å². The fourth-order valence-electron chi connectivity index (χ4n) is 4.09. The molecule has 4 aromatic rings. The van der Waals surface area contributed by atoms with E-state index < -0.39 is 27.8 Å². The Bertz CT molecular complexity index is 1570. The molecule has 0 saturated carbocycles. The van der Waals surface area contributed by atoms with Gasteiger partial charge in [0.25, 0.3) is 10.0 Å². The van der Waals surface area contributed by atoms with Gasteiger partial charge in [-0.1, -0.05) is 72.8 Å². The second-order valence-corrected chi connectivity index (χ2v) is 10.3. The van der Waals surface area contributed by atoms with E-state index in [2.05, 4.69) is 4.72 Å². The van der Waals surface area contributed by atoms with Crippen LogP contribution in [0.5, 0.6) is 0 Å². The topological polar surface area (TPSA) is 83.6 Å². The van der Waals surface area contributed by atoms with Gasteiger partial charge in [-0.3, -0.25) is 9.59 Å². The van der Waals surface area contributed by atoms with Gasteiger partial charge in [-0.05, 0) is 66.1 Å². The number of hydrogen-bond donors (Lipinski definition) is 1. The maximum atomic E-state index is 13.6. The van der Waals surface area contributed by atoms with E-state index in [-0.39, 0.29) is 23.7 Å². The summed E-state index contributed by atoms with van der Waals surface area (Å²) in [5.41, 5.74) is 1.27. The highest BCUT2D eigenvalue weighted by Gasteiger charge is 2.33. The summed E-state index contributed by atoms with van der Waals surface area (Å²) in [6, 6.07) is 26.4.